The molecule has 2 rings (SSSR count). The summed E-state index contributed by atoms with van der Waals surface area (Å²) in [6.07, 6.45) is 0. The molecule has 4 heteroatoms. The summed E-state index contributed by atoms with van der Waals surface area (Å²) in [5, 5.41) is 3.28. The fourth-order valence-electron chi connectivity index (χ4n) is 2.06. The number of benzene rings is 1. The van der Waals surface area contributed by atoms with Gasteiger partial charge < -0.3 is 14.8 Å². The van der Waals surface area contributed by atoms with Crippen molar-refractivity contribution in [2.24, 2.45) is 0 Å². The summed E-state index contributed by atoms with van der Waals surface area (Å²) >= 11 is 0. The number of hydrogen-bond acceptors (Lipinski definition) is 4. The number of rotatable bonds is 5. The molecule has 1 heterocycles. The predicted octanol–water partition coefficient (Wildman–Crippen LogP) is 1.11. The number of para-hydroxylation sites is 1. The molecule has 17 heavy (non-hydrogen) atoms. The van der Waals surface area contributed by atoms with Gasteiger partial charge in [0.2, 0.25) is 0 Å². The lowest BCUT2D eigenvalue weighted by atomic mass is 10.1. The number of nitrogens with zero attached hydrogens (tertiary/aromatic N) is 1. The van der Waals surface area contributed by atoms with Crippen LogP contribution in [0.3, 0.4) is 0 Å². The molecule has 0 radical (unpaired) electrons. The Morgan fingerprint density at radius 3 is 2.59 bits per heavy atom. The van der Waals surface area contributed by atoms with E-state index in [9.17, 15) is 0 Å². The maximum Gasteiger partial charge on any atom is 0.165 e. The second-order valence-electron chi connectivity index (χ2n) is 4.38. The maximum absolute atomic E-state index is 5.43. The van der Waals surface area contributed by atoms with Gasteiger partial charge in [0.25, 0.3) is 0 Å². The monoisotopic (exact) mass is 236 g/mol. The summed E-state index contributed by atoms with van der Waals surface area (Å²) in [5.74, 6) is 1.64. The van der Waals surface area contributed by atoms with Crippen molar-refractivity contribution in [2.45, 2.75) is 12.6 Å². The summed E-state index contributed by atoms with van der Waals surface area (Å²) < 4.78 is 10.7. The average molecular weight is 236 g/mol. The molecule has 0 saturated carbocycles. The average Bonchev–Trinajstić information content (AvgIpc) is 2.26. The van der Waals surface area contributed by atoms with E-state index in [0.29, 0.717) is 6.04 Å². The second-order valence-corrected chi connectivity index (χ2v) is 4.38. The first-order chi connectivity index (χ1) is 8.26. The van der Waals surface area contributed by atoms with Crippen LogP contribution in [0.4, 0.5) is 0 Å². The third kappa shape index (κ3) is 2.53. The molecular weight excluding hydrogens is 216 g/mol. The number of nitrogens with one attached hydrogen (secondary N) is 1. The Hall–Kier alpha value is -1.26. The van der Waals surface area contributed by atoms with E-state index in [-0.39, 0.29) is 0 Å². The molecule has 0 atom stereocenters. The molecule has 1 saturated heterocycles. The lowest BCUT2D eigenvalue weighted by Crippen LogP contribution is -2.55. The molecular formula is C13H20N2O2. The second kappa shape index (κ2) is 5.38. The predicted molar refractivity (Wildman–Crippen MR) is 67.7 cm³/mol. The van der Waals surface area contributed by atoms with Crippen LogP contribution in [-0.4, -0.2) is 45.3 Å². The van der Waals surface area contributed by atoms with Crippen molar-refractivity contribution in [1.29, 1.82) is 0 Å². The van der Waals surface area contributed by atoms with Crippen LogP contribution < -0.4 is 14.8 Å². The molecule has 1 N–H and O–H groups in total. The molecule has 0 amide bonds. The topological polar surface area (TPSA) is 33.7 Å². The summed E-state index contributed by atoms with van der Waals surface area (Å²) in [6.45, 7) is 3.03. The van der Waals surface area contributed by atoms with Gasteiger partial charge in [0.05, 0.1) is 14.2 Å². The first-order valence-electron chi connectivity index (χ1n) is 5.87. The molecule has 0 unspecified atom stereocenters. The Morgan fingerprint density at radius 2 is 2.06 bits per heavy atom. The highest BCUT2D eigenvalue weighted by Crippen LogP contribution is 2.31. The van der Waals surface area contributed by atoms with E-state index in [0.717, 1.165) is 31.1 Å². The van der Waals surface area contributed by atoms with Crippen molar-refractivity contribution < 1.29 is 9.47 Å². The van der Waals surface area contributed by atoms with Crippen LogP contribution in [0, 0.1) is 0 Å². The summed E-state index contributed by atoms with van der Waals surface area (Å²) in [4.78, 5) is 2.34. The lowest BCUT2D eigenvalue weighted by Gasteiger charge is -2.35. The van der Waals surface area contributed by atoms with Crippen LogP contribution in [0.25, 0.3) is 0 Å². The molecule has 0 bridgehead atoms. The molecule has 1 fully saturated rings. The van der Waals surface area contributed by atoms with E-state index in [1.165, 1.54) is 5.56 Å². The molecule has 1 aromatic rings. The van der Waals surface area contributed by atoms with Gasteiger partial charge in [0.1, 0.15) is 0 Å². The van der Waals surface area contributed by atoms with Crippen LogP contribution in [0.15, 0.2) is 18.2 Å². The summed E-state index contributed by atoms with van der Waals surface area (Å²) in [7, 11) is 5.50. The van der Waals surface area contributed by atoms with Gasteiger partial charge in [-0.2, -0.15) is 0 Å². The Balaban J connectivity index is 2.13. The Kier molecular flexibility index (Phi) is 3.86. The van der Waals surface area contributed by atoms with E-state index in [1.807, 2.05) is 12.1 Å². The Morgan fingerprint density at radius 1 is 1.29 bits per heavy atom. The number of ether oxygens (including phenoxy) is 2. The molecule has 0 spiro atoms. The molecule has 1 aliphatic heterocycles. The van der Waals surface area contributed by atoms with E-state index >= 15 is 0 Å². The summed E-state index contributed by atoms with van der Waals surface area (Å²) in [5.41, 5.74) is 1.17. The third-order valence-electron chi connectivity index (χ3n) is 3.29. The highest BCUT2D eigenvalue weighted by molar-refractivity contribution is 5.46. The minimum absolute atomic E-state index is 0.630. The zero-order chi connectivity index (χ0) is 12.3. The van der Waals surface area contributed by atoms with Crippen LogP contribution in [0.2, 0.25) is 0 Å². The van der Waals surface area contributed by atoms with Crippen molar-refractivity contribution in [1.82, 2.24) is 10.2 Å². The van der Waals surface area contributed by atoms with Crippen LogP contribution in [0.1, 0.15) is 5.56 Å². The van der Waals surface area contributed by atoms with Crippen molar-refractivity contribution in [2.75, 3.05) is 34.4 Å². The SMILES string of the molecule is COc1cccc(CN(C)C2CNC2)c1OC. The van der Waals surface area contributed by atoms with Crippen molar-refractivity contribution in [3.63, 3.8) is 0 Å². The standard InChI is InChI=1S/C13H20N2O2/c1-15(11-7-14-8-11)9-10-5-4-6-12(16-2)13(10)17-3/h4-6,11,14H,7-9H2,1-3H3. The highest BCUT2D eigenvalue weighted by atomic mass is 16.5. The van der Waals surface area contributed by atoms with Crippen molar-refractivity contribution in [3.05, 3.63) is 23.8 Å². The van der Waals surface area contributed by atoms with Gasteiger partial charge in [0, 0.05) is 31.2 Å². The van der Waals surface area contributed by atoms with E-state index in [1.54, 1.807) is 14.2 Å². The molecule has 0 aromatic heterocycles. The number of methoxy groups -OCH3 is 2. The van der Waals surface area contributed by atoms with Gasteiger partial charge in [-0.05, 0) is 13.1 Å². The minimum Gasteiger partial charge on any atom is -0.493 e. The largest absolute Gasteiger partial charge is 0.493 e. The first-order valence-corrected chi connectivity index (χ1v) is 5.87. The van der Waals surface area contributed by atoms with Gasteiger partial charge in [-0.1, -0.05) is 12.1 Å². The minimum atomic E-state index is 0.630. The Labute approximate surface area is 103 Å². The molecule has 4 nitrogen and oxygen atoms in total. The van der Waals surface area contributed by atoms with Crippen LogP contribution in [0.5, 0.6) is 11.5 Å². The highest BCUT2D eigenvalue weighted by Gasteiger charge is 2.22. The zero-order valence-corrected chi connectivity index (χ0v) is 10.7. The fourth-order valence-corrected chi connectivity index (χ4v) is 2.06. The van der Waals surface area contributed by atoms with Crippen molar-refractivity contribution >= 4 is 0 Å². The number of hydrogen-bond donors (Lipinski definition) is 1. The van der Waals surface area contributed by atoms with E-state index in [2.05, 4.69) is 23.3 Å². The Bertz CT molecular complexity index is 378. The zero-order valence-electron chi connectivity index (χ0n) is 10.7. The molecule has 1 aliphatic rings. The van der Waals surface area contributed by atoms with Crippen molar-refractivity contribution in [3.8, 4) is 11.5 Å². The molecule has 94 valence electrons. The molecule has 0 aliphatic carbocycles. The first kappa shape index (κ1) is 12.2. The number of likely N-dealkylation sites (N-methyl/N-ethyl adjacent to an activating group) is 1. The van der Waals surface area contributed by atoms with Gasteiger partial charge in [-0.3, -0.25) is 4.90 Å². The quantitative estimate of drug-likeness (QED) is 0.830. The van der Waals surface area contributed by atoms with Crippen LogP contribution >= 0.6 is 0 Å². The molecule has 1 aromatic carbocycles. The van der Waals surface area contributed by atoms with Gasteiger partial charge in [0.15, 0.2) is 11.5 Å². The van der Waals surface area contributed by atoms with Crippen LogP contribution in [-0.2, 0) is 6.54 Å². The summed E-state index contributed by atoms with van der Waals surface area (Å²) in [6, 6.07) is 6.65. The lowest BCUT2D eigenvalue weighted by molar-refractivity contribution is 0.171. The smallest absolute Gasteiger partial charge is 0.165 e. The van der Waals surface area contributed by atoms with Gasteiger partial charge in [-0.15, -0.1) is 0 Å². The van der Waals surface area contributed by atoms with Gasteiger partial charge >= 0.3 is 0 Å². The van der Waals surface area contributed by atoms with E-state index in [4.69, 9.17) is 9.47 Å². The fraction of sp³-hybridized carbons (Fsp3) is 0.538. The van der Waals surface area contributed by atoms with E-state index < -0.39 is 0 Å². The normalized spacial score (nSPS) is 15.8. The van der Waals surface area contributed by atoms with Gasteiger partial charge in [-0.25, -0.2) is 0 Å². The third-order valence-corrected chi connectivity index (χ3v) is 3.29. The maximum atomic E-state index is 5.43.